The van der Waals surface area contributed by atoms with Gasteiger partial charge in [0, 0.05) is 31.4 Å². The van der Waals surface area contributed by atoms with Crippen molar-refractivity contribution in [2.75, 3.05) is 25.4 Å². The average Bonchev–Trinajstić information content (AvgIpc) is 3.14. The van der Waals surface area contributed by atoms with Crippen LogP contribution in [0, 0.1) is 5.92 Å². The number of nitrogens with zero attached hydrogens (tertiary/aromatic N) is 4. The van der Waals surface area contributed by atoms with Crippen molar-refractivity contribution in [3.05, 3.63) is 49.4 Å². The molecule has 1 aliphatic heterocycles. The summed E-state index contributed by atoms with van der Waals surface area (Å²) in [4.78, 5) is 22.4. The van der Waals surface area contributed by atoms with Crippen LogP contribution in [-0.4, -0.2) is 45.0 Å². The second-order valence-electron chi connectivity index (χ2n) is 7.58. The van der Waals surface area contributed by atoms with E-state index in [1.807, 2.05) is 36.1 Å². The first-order valence-corrected chi connectivity index (χ1v) is 10.3. The van der Waals surface area contributed by atoms with Gasteiger partial charge in [0.15, 0.2) is 0 Å². The second kappa shape index (κ2) is 8.57. The number of nitrogen functional groups attached to an aromatic ring is 1. The number of carbonyl (C=O) groups is 1. The summed E-state index contributed by atoms with van der Waals surface area (Å²) in [6.45, 7) is 8.54. The molecule has 3 heterocycles. The molecule has 7 heteroatoms. The number of aromatic nitrogens is 3. The standard InChI is InChI=1S/C23H27N5O2/c1-3-20(29)27-11-9-16(10-12-27)13-28-14-19(21-22(24)25-15-26-23(21)28)17-5-7-18(8-6-17)30-4-2/h3,5-8,14-16H,1,4,9-13H2,2H3,(H2,24,25,26). The molecule has 1 aliphatic rings. The van der Waals surface area contributed by atoms with E-state index in [1.165, 1.54) is 12.4 Å². The lowest BCUT2D eigenvalue weighted by Crippen LogP contribution is -2.38. The number of benzene rings is 1. The highest BCUT2D eigenvalue weighted by Crippen LogP contribution is 2.34. The number of anilines is 1. The Hall–Kier alpha value is -3.35. The molecule has 4 rings (SSSR count). The molecule has 1 fully saturated rings. The van der Waals surface area contributed by atoms with Gasteiger partial charge in [0.05, 0.1) is 12.0 Å². The van der Waals surface area contributed by atoms with Crippen LogP contribution in [0.4, 0.5) is 5.82 Å². The fourth-order valence-electron chi connectivity index (χ4n) is 4.15. The average molecular weight is 406 g/mol. The van der Waals surface area contributed by atoms with Crippen molar-refractivity contribution in [3.63, 3.8) is 0 Å². The molecule has 30 heavy (non-hydrogen) atoms. The van der Waals surface area contributed by atoms with Gasteiger partial charge in [-0.25, -0.2) is 9.97 Å². The van der Waals surface area contributed by atoms with E-state index in [-0.39, 0.29) is 5.91 Å². The van der Waals surface area contributed by atoms with E-state index in [2.05, 4.69) is 27.3 Å². The first-order chi connectivity index (χ1) is 14.6. The lowest BCUT2D eigenvalue weighted by Gasteiger charge is -2.31. The van der Waals surface area contributed by atoms with Gasteiger partial charge in [-0.05, 0) is 49.5 Å². The van der Waals surface area contributed by atoms with Gasteiger partial charge in [-0.15, -0.1) is 0 Å². The van der Waals surface area contributed by atoms with E-state index in [1.54, 1.807) is 0 Å². The molecule has 7 nitrogen and oxygen atoms in total. The second-order valence-corrected chi connectivity index (χ2v) is 7.58. The molecule has 0 bridgehead atoms. The fourth-order valence-corrected chi connectivity index (χ4v) is 4.15. The third kappa shape index (κ3) is 3.87. The molecule has 2 N–H and O–H groups in total. The number of carbonyl (C=O) groups excluding carboxylic acids is 1. The van der Waals surface area contributed by atoms with Gasteiger partial charge in [0.25, 0.3) is 0 Å². The minimum Gasteiger partial charge on any atom is -0.494 e. The number of likely N-dealkylation sites (tertiary alicyclic amines) is 1. The molecule has 0 unspecified atom stereocenters. The highest BCUT2D eigenvalue weighted by Gasteiger charge is 2.23. The van der Waals surface area contributed by atoms with Crippen molar-refractivity contribution in [2.24, 2.45) is 5.92 Å². The molecule has 156 valence electrons. The molecule has 1 amide bonds. The van der Waals surface area contributed by atoms with E-state index >= 15 is 0 Å². The maximum Gasteiger partial charge on any atom is 0.245 e. The smallest absolute Gasteiger partial charge is 0.245 e. The van der Waals surface area contributed by atoms with Crippen LogP contribution in [-0.2, 0) is 11.3 Å². The molecule has 0 saturated carbocycles. The lowest BCUT2D eigenvalue weighted by molar-refractivity contribution is -0.127. The number of fused-ring (bicyclic) bond motifs is 1. The van der Waals surface area contributed by atoms with Gasteiger partial charge in [0.1, 0.15) is 23.5 Å². The van der Waals surface area contributed by atoms with Gasteiger partial charge in [-0.3, -0.25) is 4.79 Å². The number of hydrogen-bond acceptors (Lipinski definition) is 5. The quantitative estimate of drug-likeness (QED) is 0.634. The van der Waals surface area contributed by atoms with E-state index in [0.717, 1.165) is 60.4 Å². The summed E-state index contributed by atoms with van der Waals surface area (Å²) in [6, 6.07) is 8.01. The monoisotopic (exact) mass is 405 g/mol. The minimum atomic E-state index is 0.0122. The van der Waals surface area contributed by atoms with Crippen molar-refractivity contribution in [1.82, 2.24) is 19.4 Å². The number of hydrogen-bond donors (Lipinski definition) is 1. The number of piperidine rings is 1. The number of rotatable bonds is 6. The third-order valence-electron chi connectivity index (χ3n) is 5.71. The summed E-state index contributed by atoms with van der Waals surface area (Å²) >= 11 is 0. The summed E-state index contributed by atoms with van der Waals surface area (Å²) in [5, 5.41) is 0.876. The van der Waals surface area contributed by atoms with Crippen LogP contribution in [0.5, 0.6) is 5.75 Å². The van der Waals surface area contributed by atoms with Gasteiger partial charge >= 0.3 is 0 Å². The van der Waals surface area contributed by atoms with Crippen molar-refractivity contribution in [1.29, 1.82) is 0 Å². The zero-order valence-corrected chi connectivity index (χ0v) is 17.3. The minimum absolute atomic E-state index is 0.0122. The van der Waals surface area contributed by atoms with Crippen molar-refractivity contribution < 1.29 is 9.53 Å². The van der Waals surface area contributed by atoms with Gasteiger partial charge < -0.3 is 19.9 Å². The van der Waals surface area contributed by atoms with Crippen molar-refractivity contribution in [3.8, 4) is 16.9 Å². The van der Waals surface area contributed by atoms with Crippen LogP contribution in [0.15, 0.2) is 49.4 Å². The lowest BCUT2D eigenvalue weighted by atomic mass is 9.96. The van der Waals surface area contributed by atoms with E-state index < -0.39 is 0 Å². The van der Waals surface area contributed by atoms with Gasteiger partial charge in [-0.1, -0.05) is 18.7 Å². The van der Waals surface area contributed by atoms with Crippen molar-refractivity contribution in [2.45, 2.75) is 26.3 Å². The van der Waals surface area contributed by atoms with E-state index in [4.69, 9.17) is 10.5 Å². The van der Waals surface area contributed by atoms with Crippen LogP contribution in [0.2, 0.25) is 0 Å². The molecule has 1 aromatic carbocycles. The zero-order valence-electron chi connectivity index (χ0n) is 17.3. The van der Waals surface area contributed by atoms with Crippen LogP contribution >= 0.6 is 0 Å². The summed E-state index contributed by atoms with van der Waals surface area (Å²) in [6.07, 6.45) is 6.94. The highest BCUT2D eigenvalue weighted by molar-refractivity contribution is 6.00. The molecule has 0 atom stereocenters. The third-order valence-corrected chi connectivity index (χ3v) is 5.71. The molecule has 3 aromatic rings. The summed E-state index contributed by atoms with van der Waals surface area (Å²) < 4.78 is 7.73. The molecule has 2 aromatic heterocycles. The summed E-state index contributed by atoms with van der Waals surface area (Å²) in [5.74, 6) is 1.81. The Morgan fingerprint density at radius 2 is 2.00 bits per heavy atom. The van der Waals surface area contributed by atoms with Crippen molar-refractivity contribution >= 4 is 22.8 Å². The highest BCUT2D eigenvalue weighted by atomic mass is 16.5. The van der Waals surface area contributed by atoms with Crippen LogP contribution < -0.4 is 10.5 Å². The Morgan fingerprint density at radius 1 is 1.27 bits per heavy atom. The van der Waals surface area contributed by atoms with Gasteiger partial charge in [0.2, 0.25) is 5.91 Å². The first-order valence-electron chi connectivity index (χ1n) is 10.3. The first kappa shape index (κ1) is 19.9. The Labute approximate surface area is 176 Å². The topological polar surface area (TPSA) is 86.3 Å². The summed E-state index contributed by atoms with van der Waals surface area (Å²) in [7, 11) is 0. The molecule has 0 spiro atoms. The molecule has 1 saturated heterocycles. The molecular weight excluding hydrogens is 378 g/mol. The Balaban J connectivity index is 1.61. The maximum atomic E-state index is 11.8. The molecule has 0 radical (unpaired) electrons. The Morgan fingerprint density at radius 3 is 2.67 bits per heavy atom. The van der Waals surface area contributed by atoms with Crippen LogP contribution in [0.3, 0.4) is 0 Å². The number of ether oxygens (including phenoxy) is 1. The van der Waals surface area contributed by atoms with Gasteiger partial charge in [-0.2, -0.15) is 0 Å². The number of amides is 1. The Bertz CT molecular complexity index is 1050. The zero-order chi connectivity index (χ0) is 21.1. The normalized spacial score (nSPS) is 14.8. The fraction of sp³-hybridized carbons (Fsp3) is 0.348. The largest absolute Gasteiger partial charge is 0.494 e. The maximum absolute atomic E-state index is 11.8. The van der Waals surface area contributed by atoms with E-state index in [9.17, 15) is 4.79 Å². The van der Waals surface area contributed by atoms with Crippen LogP contribution in [0.1, 0.15) is 19.8 Å². The predicted molar refractivity (Wildman–Crippen MR) is 118 cm³/mol. The number of nitrogens with two attached hydrogens (primary N) is 1. The van der Waals surface area contributed by atoms with E-state index in [0.29, 0.717) is 18.3 Å². The molecule has 0 aliphatic carbocycles. The van der Waals surface area contributed by atoms with Crippen LogP contribution in [0.25, 0.3) is 22.2 Å². The Kier molecular flexibility index (Phi) is 5.70. The SMILES string of the molecule is C=CC(=O)N1CCC(Cn2cc(-c3ccc(OCC)cc3)c3c(N)ncnc32)CC1. The molecular formula is C23H27N5O2. The summed E-state index contributed by atoms with van der Waals surface area (Å²) in [5.41, 5.74) is 9.16. The predicted octanol–water partition coefficient (Wildman–Crippen LogP) is 3.50.